The van der Waals surface area contributed by atoms with Gasteiger partial charge in [-0.1, -0.05) is 12.1 Å². The van der Waals surface area contributed by atoms with Gasteiger partial charge in [0.2, 0.25) is 5.95 Å². The number of fused-ring (bicyclic) bond motifs is 1. The van der Waals surface area contributed by atoms with E-state index in [1.807, 2.05) is 26.0 Å². The maximum Gasteiger partial charge on any atom is 0.225 e. The smallest absolute Gasteiger partial charge is 0.225 e. The van der Waals surface area contributed by atoms with Crippen LogP contribution in [-0.2, 0) is 7.05 Å². The van der Waals surface area contributed by atoms with Crippen molar-refractivity contribution in [3.8, 4) is 5.82 Å². The minimum absolute atomic E-state index is 0.149. The van der Waals surface area contributed by atoms with Crippen LogP contribution in [0.3, 0.4) is 0 Å². The fourth-order valence-electron chi connectivity index (χ4n) is 4.18. The minimum Gasteiger partial charge on any atom is -0.350 e. The Morgan fingerprint density at radius 2 is 1.77 bits per heavy atom. The molecule has 1 N–H and O–H groups in total. The van der Waals surface area contributed by atoms with E-state index in [4.69, 9.17) is 15.0 Å². The van der Waals surface area contributed by atoms with Crippen LogP contribution in [0.15, 0.2) is 30.3 Å². The molecule has 0 saturated heterocycles. The van der Waals surface area contributed by atoms with Gasteiger partial charge in [-0.05, 0) is 53.2 Å². The van der Waals surface area contributed by atoms with Gasteiger partial charge in [0.1, 0.15) is 17.5 Å². The van der Waals surface area contributed by atoms with Gasteiger partial charge in [-0.15, -0.1) is 5.10 Å². The van der Waals surface area contributed by atoms with E-state index in [0.29, 0.717) is 17.8 Å². The van der Waals surface area contributed by atoms with Crippen molar-refractivity contribution in [3.63, 3.8) is 0 Å². The highest BCUT2D eigenvalue weighted by Crippen LogP contribution is 2.54. The topological polar surface area (TPSA) is 86.3 Å². The van der Waals surface area contributed by atoms with E-state index in [9.17, 15) is 0 Å². The lowest BCUT2D eigenvalue weighted by atomic mass is 10.1. The number of anilines is 1. The summed E-state index contributed by atoms with van der Waals surface area (Å²) in [4.78, 5) is 19.0. The van der Waals surface area contributed by atoms with Crippen LogP contribution in [0.4, 0.5) is 5.95 Å². The summed E-state index contributed by atoms with van der Waals surface area (Å²) in [6.07, 6.45) is 1.03. The molecule has 0 amide bonds. The number of benzene rings is 1. The highest BCUT2D eigenvalue weighted by atomic mass is 15.4. The van der Waals surface area contributed by atoms with Crippen LogP contribution in [-0.4, -0.2) is 39.8 Å². The zero-order valence-corrected chi connectivity index (χ0v) is 18.9. The summed E-state index contributed by atoms with van der Waals surface area (Å²) in [6.45, 7) is 10.1. The standard InChI is InChI=1S/C23H28N8/c1-13-24-14(2)31(29-13)20-12-18(26-22(27-20)28-23(3,4)5)15-11-16(15)21-25-17-9-7-8-10-19(17)30(21)6/h7-10,12,15-16H,11H2,1-6H3,(H,26,27,28)/t15?,16-/m0/s1. The number of hydrogen-bond donors (Lipinski definition) is 1. The number of hydrogen-bond acceptors (Lipinski definition) is 6. The molecule has 160 valence electrons. The SMILES string of the molecule is Cc1nc(C)n(-c2cc(C3C[C@@H]3c3nc4ccccc4n3C)nc(NC(C)(C)C)n2)n1. The summed E-state index contributed by atoms with van der Waals surface area (Å²) in [7, 11) is 2.10. The summed E-state index contributed by atoms with van der Waals surface area (Å²) < 4.78 is 4.00. The third-order valence-corrected chi connectivity index (χ3v) is 5.63. The summed E-state index contributed by atoms with van der Waals surface area (Å²) in [5, 5.41) is 7.95. The molecule has 0 aliphatic heterocycles. The van der Waals surface area contributed by atoms with Crippen molar-refractivity contribution in [2.24, 2.45) is 7.05 Å². The average Bonchev–Trinajstić information content (AvgIpc) is 3.32. The normalized spacial score (nSPS) is 18.5. The Balaban J connectivity index is 1.54. The molecule has 3 aromatic heterocycles. The average molecular weight is 417 g/mol. The third-order valence-electron chi connectivity index (χ3n) is 5.63. The second-order valence-corrected chi connectivity index (χ2v) is 9.43. The summed E-state index contributed by atoms with van der Waals surface area (Å²) >= 11 is 0. The predicted octanol–water partition coefficient (Wildman–Crippen LogP) is 4.04. The first-order chi connectivity index (χ1) is 14.7. The van der Waals surface area contributed by atoms with E-state index in [1.165, 1.54) is 0 Å². The highest BCUT2D eigenvalue weighted by Gasteiger charge is 2.44. The van der Waals surface area contributed by atoms with E-state index in [0.717, 1.165) is 46.4 Å². The minimum atomic E-state index is -0.149. The molecule has 0 spiro atoms. The van der Waals surface area contributed by atoms with Crippen LogP contribution < -0.4 is 5.32 Å². The summed E-state index contributed by atoms with van der Waals surface area (Å²) in [5.41, 5.74) is 3.07. The maximum atomic E-state index is 4.91. The molecule has 5 rings (SSSR count). The van der Waals surface area contributed by atoms with E-state index >= 15 is 0 Å². The molecule has 4 aromatic rings. The molecule has 8 nitrogen and oxygen atoms in total. The van der Waals surface area contributed by atoms with E-state index in [1.54, 1.807) is 4.68 Å². The molecule has 2 atom stereocenters. The summed E-state index contributed by atoms with van der Waals surface area (Å²) in [5.74, 6) is 4.67. The molecule has 1 aliphatic rings. The van der Waals surface area contributed by atoms with Gasteiger partial charge in [-0.3, -0.25) is 0 Å². The zero-order chi connectivity index (χ0) is 21.9. The quantitative estimate of drug-likeness (QED) is 0.540. The molecule has 0 radical (unpaired) electrons. The number of rotatable bonds is 4. The lowest BCUT2D eigenvalue weighted by molar-refractivity contribution is 0.623. The largest absolute Gasteiger partial charge is 0.350 e. The Morgan fingerprint density at radius 1 is 1.00 bits per heavy atom. The van der Waals surface area contributed by atoms with Crippen molar-refractivity contribution in [2.75, 3.05) is 5.32 Å². The molecular formula is C23H28N8. The Morgan fingerprint density at radius 3 is 2.45 bits per heavy atom. The number of nitrogens with one attached hydrogen (secondary N) is 1. The van der Waals surface area contributed by atoms with Crippen molar-refractivity contribution in [1.29, 1.82) is 0 Å². The van der Waals surface area contributed by atoms with E-state index in [2.05, 4.69) is 66.0 Å². The fourth-order valence-corrected chi connectivity index (χ4v) is 4.18. The van der Waals surface area contributed by atoms with Gasteiger partial charge in [-0.25, -0.2) is 15.0 Å². The molecule has 31 heavy (non-hydrogen) atoms. The van der Waals surface area contributed by atoms with Crippen molar-refractivity contribution in [1.82, 2.24) is 34.3 Å². The predicted molar refractivity (Wildman–Crippen MR) is 121 cm³/mol. The lowest BCUT2D eigenvalue weighted by Crippen LogP contribution is -2.28. The van der Waals surface area contributed by atoms with Crippen LogP contribution in [0.1, 0.15) is 62.2 Å². The van der Waals surface area contributed by atoms with Crippen molar-refractivity contribution in [2.45, 2.75) is 58.4 Å². The second-order valence-electron chi connectivity index (χ2n) is 9.43. The first kappa shape index (κ1) is 19.7. The van der Waals surface area contributed by atoms with Crippen LogP contribution in [0, 0.1) is 13.8 Å². The van der Waals surface area contributed by atoms with Gasteiger partial charge in [0, 0.05) is 30.5 Å². The Kier molecular flexibility index (Phi) is 4.35. The van der Waals surface area contributed by atoms with E-state index in [-0.39, 0.29) is 5.54 Å². The maximum absolute atomic E-state index is 4.91. The lowest BCUT2D eigenvalue weighted by Gasteiger charge is -2.21. The Labute approximate surface area is 181 Å². The second kappa shape index (κ2) is 6.87. The molecule has 8 heteroatoms. The van der Waals surface area contributed by atoms with Gasteiger partial charge < -0.3 is 9.88 Å². The number of aromatic nitrogens is 7. The first-order valence-electron chi connectivity index (χ1n) is 10.7. The Bertz CT molecular complexity index is 1280. The first-order valence-corrected chi connectivity index (χ1v) is 10.7. The molecule has 1 fully saturated rings. The number of nitrogens with zero attached hydrogens (tertiary/aromatic N) is 7. The molecular weight excluding hydrogens is 388 g/mol. The molecule has 3 heterocycles. The van der Waals surface area contributed by atoms with Crippen LogP contribution in [0.5, 0.6) is 0 Å². The van der Waals surface area contributed by atoms with Gasteiger partial charge in [0.05, 0.1) is 16.7 Å². The van der Waals surface area contributed by atoms with Crippen molar-refractivity contribution < 1.29 is 0 Å². The van der Waals surface area contributed by atoms with Crippen LogP contribution >= 0.6 is 0 Å². The molecule has 0 bridgehead atoms. The highest BCUT2D eigenvalue weighted by molar-refractivity contribution is 5.76. The Hall–Kier alpha value is -3.29. The summed E-state index contributed by atoms with van der Waals surface area (Å²) in [6, 6.07) is 10.3. The number of para-hydroxylation sites is 2. The van der Waals surface area contributed by atoms with Crippen LogP contribution in [0.2, 0.25) is 0 Å². The molecule has 1 saturated carbocycles. The number of imidazole rings is 1. The van der Waals surface area contributed by atoms with Gasteiger partial charge in [0.15, 0.2) is 5.82 Å². The van der Waals surface area contributed by atoms with Gasteiger partial charge in [-0.2, -0.15) is 9.67 Å². The van der Waals surface area contributed by atoms with Crippen LogP contribution in [0.25, 0.3) is 16.9 Å². The molecule has 1 aliphatic carbocycles. The van der Waals surface area contributed by atoms with E-state index < -0.39 is 0 Å². The zero-order valence-electron chi connectivity index (χ0n) is 18.9. The van der Waals surface area contributed by atoms with Crippen molar-refractivity contribution in [3.05, 3.63) is 53.5 Å². The van der Waals surface area contributed by atoms with Crippen molar-refractivity contribution >= 4 is 17.0 Å². The molecule has 1 unspecified atom stereocenters. The number of aryl methyl sites for hydroxylation is 3. The third kappa shape index (κ3) is 3.66. The van der Waals surface area contributed by atoms with Gasteiger partial charge in [0.25, 0.3) is 0 Å². The monoisotopic (exact) mass is 416 g/mol. The fraction of sp³-hybridized carbons (Fsp3) is 0.435. The molecule has 1 aromatic carbocycles. The van der Waals surface area contributed by atoms with Gasteiger partial charge >= 0.3 is 0 Å².